The Labute approximate surface area is 262 Å². The average molecular weight is 622 g/mol. The molecule has 44 heavy (non-hydrogen) atoms. The molecule has 3 aromatic heterocycles. The van der Waals surface area contributed by atoms with E-state index in [4.69, 9.17) is 16.3 Å². The highest BCUT2D eigenvalue weighted by molar-refractivity contribution is 6.35. The number of carboxylic acids is 1. The molecule has 11 heteroatoms. The maximum atomic E-state index is 14.4. The van der Waals surface area contributed by atoms with Crippen molar-refractivity contribution in [3.8, 4) is 17.0 Å². The van der Waals surface area contributed by atoms with Gasteiger partial charge in [-0.3, -0.25) is 9.48 Å². The first-order valence-corrected chi connectivity index (χ1v) is 15.5. The number of rotatable bonds is 11. The van der Waals surface area contributed by atoms with E-state index < -0.39 is 5.97 Å². The summed E-state index contributed by atoms with van der Waals surface area (Å²) in [6.07, 6.45) is 2.50. The molecule has 0 fully saturated rings. The second kappa shape index (κ2) is 13.0. The highest BCUT2D eigenvalue weighted by atomic mass is 35.5. The summed E-state index contributed by atoms with van der Waals surface area (Å²) in [7, 11) is 1.90. The molecule has 1 amide bonds. The van der Waals surface area contributed by atoms with E-state index in [0.717, 1.165) is 45.4 Å². The van der Waals surface area contributed by atoms with Gasteiger partial charge in [-0.1, -0.05) is 31.5 Å². The number of hydrogen-bond donors (Lipinski definition) is 2. The minimum absolute atomic E-state index is 0.00320. The summed E-state index contributed by atoms with van der Waals surface area (Å²) in [6.45, 7) is 9.75. The summed E-state index contributed by atoms with van der Waals surface area (Å²) >= 11 is 6.91. The van der Waals surface area contributed by atoms with Gasteiger partial charge >= 0.3 is 5.97 Å². The zero-order valence-corrected chi connectivity index (χ0v) is 26.7. The van der Waals surface area contributed by atoms with Crippen molar-refractivity contribution in [2.75, 3.05) is 19.8 Å². The zero-order chi connectivity index (χ0) is 31.7. The van der Waals surface area contributed by atoms with E-state index >= 15 is 0 Å². The van der Waals surface area contributed by atoms with Crippen molar-refractivity contribution in [2.24, 2.45) is 13.0 Å². The highest BCUT2D eigenvalue weighted by Crippen LogP contribution is 2.42. The third-order valence-electron chi connectivity index (χ3n) is 8.32. The third-order valence-corrected chi connectivity index (χ3v) is 8.64. The number of aromatic nitrogens is 4. The van der Waals surface area contributed by atoms with Crippen molar-refractivity contribution < 1.29 is 24.5 Å². The Bertz CT molecular complexity index is 1720. The first kappa shape index (κ1) is 31.5. The minimum atomic E-state index is -1.08. The molecule has 2 N–H and O–H groups in total. The summed E-state index contributed by atoms with van der Waals surface area (Å²) in [5.74, 6) is -0.582. The number of benzene rings is 1. The normalized spacial score (nSPS) is 13.5. The maximum Gasteiger partial charge on any atom is 0.335 e. The first-order valence-electron chi connectivity index (χ1n) is 15.1. The van der Waals surface area contributed by atoms with Crippen molar-refractivity contribution in [3.05, 3.63) is 63.2 Å². The van der Waals surface area contributed by atoms with E-state index in [1.54, 1.807) is 4.90 Å². The van der Waals surface area contributed by atoms with Crippen LogP contribution >= 0.6 is 11.6 Å². The number of carboxylic acid groups (broad SMARTS) is 1. The predicted molar refractivity (Wildman–Crippen MR) is 170 cm³/mol. The zero-order valence-electron chi connectivity index (χ0n) is 26.0. The quantitative estimate of drug-likeness (QED) is 0.217. The second-order valence-corrected chi connectivity index (χ2v) is 12.3. The van der Waals surface area contributed by atoms with Crippen molar-refractivity contribution in [3.63, 3.8) is 0 Å². The average Bonchev–Trinajstić information content (AvgIpc) is 3.35. The van der Waals surface area contributed by atoms with Gasteiger partial charge in [-0.15, -0.1) is 0 Å². The number of fused-ring (bicyclic) bond motifs is 3. The van der Waals surface area contributed by atoms with Crippen LogP contribution < -0.4 is 4.74 Å². The lowest BCUT2D eigenvalue weighted by Crippen LogP contribution is -2.31. The molecule has 10 nitrogen and oxygen atoms in total. The molecule has 0 spiro atoms. The van der Waals surface area contributed by atoms with Crippen molar-refractivity contribution >= 4 is 34.4 Å². The molecule has 4 aromatic rings. The number of amides is 1. The summed E-state index contributed by atoms with van der Waals surface area (Å²) in [5, 5.41) is 25.6. The minimum Gasteiger partial charge on any atom is -0.478 e. The lowest BCUT2D eigenvalue weighted by atomic mass is 9.98. The van der Waals surface area contributed by atoms with E-state index in [-0.39, 0.29) is 30.5 Å². The number of hydrogen-bond acceptors (Lipinski definition) is 6. The first-order chi connectivity index (χ1) is 21.0. The maximum absolute atomic E-state index is 14.4. The molecule has 0 unspecified atom stereocenters. The third kappa shape index (κ3) is 6.05. The van der Waals surface area contributed by atoms with Gasteiger partial charge < -0.3 is 24.4 Å². The van der Waals surface area contributed by atoms with Crippen LogP contribution in [0.3, 0.4) is 0 Å². The van der Waals surface area contributed by atoms with Crippen LogP contribution in [0.5, 0.6) is 5.88 Å². The lowest BCUT2D eigenvalue weighted by Gasteiger charge is -2.21. The number of aromatic carboxylic acids is 1. The van der Waals surface area contributed by atoms with E-state index in [1.807, 2.05) is 37.7 Å². The number of pyridine rings is 1. The SMILES string of the molecule is Cc1nn(C)c(C)c1-c1c(Cl)ccc2c(CCCO)c3n(c12)CCCN(Cc1cc(C(=O)O)cc(OCCC(C)C)n1)C3=O. The summed E-state index contributed by atoms with van der Waals surface area (Å²) in [6, 6.07) is 6.77. The molecule has 1 aromatic carbocycles. The number of carbonyl (C=O) groups is 2. The van der Waals surface area contributed by atoms with Crippen LogP contribution in [0.15, 0.2) is 24.3 Å². The van der Waals surface area contributed by atoms with Gasteiger partial charge in [0.2, 0.25) is 5.88 Å². The van der Waals surface area contributed by atoms with Gasteiger partial charge in [0.1, 0.15) is 5.69 Å². The molecule has 5 rings (SSSR count). The number of halogens is 1. The Balaban J connectivity index is 1.61. The van der Waals surface area contributed by atoms with Crippen LogP contribution in [0.1, 0.15) is 76.6 Å². The Hall–Kier alpha value is -3.89. The van der Waals surface area contributed by atoms with Gasteiger partial charge in [0.15, 0.2) is 0 Å². The topological polar surface area (TPSA) is 123 Å². The highest BCUT2D eigenvalue weighted by Gasteiger charge is 2.32. The van der Waals surface area contributed by atoms with Crippen LogP contribution in [0.2, 0.25) is 5.02 Å². The fraction of sp³-hybridized carbons (Fsp3) is 0.455. The van der Waals surface area contributed by atoms with Gasteiger partial charge in [-0.2, -0.15) is 5.10 Å². The largest absolute Gasteiger partial charge is 0.478 e. The molecule has 0 aliphatic carbocycles. The van der Waals surface area contributed by atoms with Crippen LogP contribution in [-0.4, -0.2) is 66.1 Å². The number of aryl methyl sites for hydroxylation is 4. The Morgan fingerprint density at radius 1 is 1.16 bits per heavy atom. The monoisotopic (exact) mass is 621 g/mol. The van der Waals surface area contributed by atoms with Gasteiger partial charge in [0, 0.05) is 55.0 Å². The molecule has 0 saturated carbocycles. The molecule has 0 radical (unpaired) electrons. The summed E-state index contributed by atoms with van der Waals surface area (Å²) in [4.78, 5) is 32.7. The molecule has 234 valence electrons. The number of nitrogens with zero attached hydrogens (tertiary/aromatic N) is 5. The van der Waals surface area contributed by atoms with E-state index in [1.165, 1.54) is 12.1 Å². The lowest BCUT2D eigenvalue weighted by molar-refractivity contribution is 0.0695. The van der Waals surface area contributed by atoms with Crippen molar-refractivity contribution in [1.82, 2.24) is 24.2 Å². The summed E-state index contributed by atoms with van der Waals surface area (Å²) in [5.41, 5.74) is 6.46. The van der Waals surface area contributed by atoms with Crippen LogP contribution in [0.25, 0.3) is 22.0 Å². The Morgan fingerprint density at radius 3 is 2.59 bits per heavy atom. The fourth-order valence-corrected chi connectivity index (χ4v) is 6.35. The van der Waals surface area contributed by atoms with Gasteiger partial charge in [0.05, 0.1) is 40.6 Å². The van der Waals surface area contributed by atoms with Crippen molar-refractivity contribution in [2.45, 2.75) is 66.5 Å². The number of ether oxygens (including phenoxy) is 1. The van der Waals surface area contributed by atoms with Crippen molar-refractivity contribution in [1.29, 1.82) is 0 Å². The predicted octanol–water partition coefficient (Wildman–Crippen LogP) is 5.80. The van der Waals surface area contributed by atoms with E-state index in [2.05, 4.69) is 28.5 Å². The van der Waals surface area contributed by atoms with Crippen LogP contribution in [0.4, 0.5) is 0 Å². The molecular weight excluding hydrogens is 582 g/mol. The molecular formula is C33H40ClN5O5. The molecule has 1 aliphatic rings. The number of aliphatic hydroxyl groups is 1. The molecule has 0 bridgehead atoms. The Kier molecular flexibility index (Phi) is 9.31. The molecule has 0 atom stereocenters. The number of carbonyl (C=O) groups excluding carboxylic acids is 1. The molecule has 4 heterocycles. The number of aliphatic hydroxyl groups excluding tert-OH is 1. The van der Waals surface area contributed by atoms with E-state index in [0.29, 0.717) is 61.3 Å². The fourth-order valence-electron chi connectivity index (χ4n) is 6.10. The van der Waals surface area contributed by atoms with E-state index in [9.17, 15) is 19.8 Å². The standard InChI is InChI=1S/C33H40ClN5O5/c1-19(2)11-15-44-27-17-22(33(42)43)16-23(35-27)18-38-12-7-13-39-30-25(24(8-6-14-40)31(39)32(38)41)9-10-26(34)29(30)28-20(3)36-37(5)21(28)4/h9-10,16-17,19,40H,6-8,11-15,18H2,1-5H3,(H,42,43). The van der Waals surface area contributed by atoms with Crippen LogP contribution in [0, 0.1) is 19.8 Å². The van der Waals surface area contributed by atoms with Gasteiger partial charge in [-0.25, -0.2) is 9.78 Å². The van der Waals surface area contributed by atoms with Gasteiger partial charge in [0.25, 0.3) is 5.91 Å². The second-order valence-electron chi connectivity index (χ2n) is 11.9. The Morgan fingerprint density at radius 2 is 1.93 bits per heavy atom. The van der Waals surface area contributed by atoms with Crippen LogP contribution in [-0.2, 0) is 26.6 Å². The summed E-state index contributed by atoms with van der Waals surface area (Å²) < 4.78 is 9.73. The van der Waals surface area contributed by atoms with Gasteiger partial charge in [-0.05, 0) is 63.1 Å². The smallest absolute Gasteiger partial charge is 0.335 e. The molecule has 1 aliphatic heterocycles. The molecule has 0 saturated heterocycles.